The smallest absolute Gasteiger partial charge is 0.127 e. The lowest BCUT2D eigenvalue weighted by atomic mass is 10.3. The minimum atomic E-state index is 0.313. The predicted octanol–water partition coefficient (Wildman–Crippen LogP) is 2.81. The van der Waals surface area contributed by atoms with Crippen LogP contribution in [0, 0.1) is 0 Å². The number of hydrogen-bond donors (Lipinski definition) is 1. The Morgan fingerprint density at radius 1 is 1.50 bits per heavy atom. The number of hydrogen-bond acceptors (Lipinski definition) is 2. The second-order valence-corrected chi connectivity index (χ2v) is 4.34. The fraction of sp³-hybridized carbons (Fsp3) is 0.444. The van der Waals surface area contributed by atoms with Crippen LogP contribution in [0.25, 0.3) is 0 Å². The SMILES string of the molecule is CC1(Nc2cccc(Br)n2)CC1. The van der Waals surface area contributed by atoms with Crippen LogP contribution in [0.3, 0.4) is 0 Å². The lowest BCUT2D eigenvalue weighted by Gasteiger charge is -2.11. The molecule has 0 amide bonds. The second kappa shape index (κ2) is 2.73. The van der Waals surface area contributed by atoms with Gasteiger partial charge in [0.1, 0.15) is 10.4 Å². The number of anilines is 1. The minimum absolute atomic E-state index is 0.313. The van der Waals surface area contributed by atoms with E-state index < -0.39 is 0 Å². The molecule has 2 rings (SSSR count). The van der Waals surface area contributed by atoms with Crippen LogP contribution in [0.5, 0.6) is 0 Å². The molecule has 0 aliphatic heterocycles. The van der Waals surface area contributed by atoms with E-state index in [1.807, 2.05) is 18.2 Å². The molecule has 3 heteroatoms. The Labute approximate surface area is 80.5 Å². The first-order valence-electron chi connectivity index (χ1n) is 4.09. The summed E-state index contributed by atoms with van der Waals surface area (Å²) in [6, 6.07) is 5.92. The van der Waals surface area contributed by atoms with Crippen molar-refractivity contribution >= 4 is 21.7 Å². The quantitative estimate of drug-likeness (QED) is 0.785. The van der Waals surface area contributed by atoms with E-state index in [4.69, 9.17) is 0 Å². The Morgan fingerprint density at radius 3 is 2.83 bits per heavy atom. The van der Waals surface area contributed by atoms with E-state index in [0.29, 0.717) is 5.54 Å². The van der Waals surface area contributed by atoms with Crippen molar-refractivity contribution in [1.29, 1.82) is 0 Å². The molecule has 1 heterocycles. The highest BCUT2D eigenvalue weighted by Crippen LogP contribution is 2.37. The highest BCUT2D eigenvalue weighted by atomic mass is 79.9. The van der Waals surface area contributed by atoms with Gasteiger partial charge >= 0.3 is 0 Å². The molecule has 0 saturated heterocycles. The first-order valence-corrected chi connectivity index (χ1v) is 4.88. The zero-order valence-corrected chi connectivity index (χ0v) is 8.56. The topological polar surface area (TPSA) is 24.9 Å². The molecule has 12 heavy (non-hydrogen) atoms. The number of aromatic nitrogens is 1. The molecule has 2 nitrogen and oxygen atoms in total. The molecule has 1 fully saturated rings. The molecule has 1 aromatic heterocycles. The van der Waals surface area contributed by atoms with Crippen molar-refractivity contribution < 1.29 is 0 Å². The molecule has 0 bridgehead atoms. The number of halogens is 1. The summed E-state index contributed by atoms with van der Waals surface area (Å²) >= 11 is 3.34. The second-order valence-electron chi connectivity index (χ2n) is 3.53. The van der Waals surface area contributed by atoms with Crippen LogP contribution >= 0.6 is 15.9 Å². The third kappa shape index (κ3) is 1.78. The maximum absolute atomic E-state index is 4.30. The van der Waals surface area contributed by atoms with E-state index in [-0.39, 0.29) is 0 Å². The highest BCUT2D eigenvalue weighted by Gasteiger charge is 2.37. The van der Waals surface area contributed by atoms with E-state index in [1.165, 1.54) is 12.8 Å². The number of pyridine rings is 1. The van der Waals surface area contributed by atoms with E-state index >= 15 is 0 Å². The minimum Gasteiger partial charge on any atom is -0.365 e. The van der Waals surface area contributed by atoms with Crippen LogP contribution in [0.15, 0.2) is 22.8 Å². The maximum atomic E-state index is 4.30. The van der Waals surface area contributed by atoms with Crippen LogP contribution in [0.1, 0.15) is 19.8 Å². The lowest BCUT2D eigenvalue weighted by molar-refractivity contribution is 0.820. The van der Waals surface area contributed by atoms with E-state index in [0.717, 1.165) is 10.4 Å². The van der Waals surface area contributed by atoms with Gasteiger partial charge in [-0.05, 0) is 47.8 Å². The van der Waals surface area contributed by atoms with Crippen molar-refractivity contribution in [2.45, 2.75) is 25.3 Å². The summed E-state index contributed by atoms with van der Waals surface area (Å²) in [5.74, 6) is 0.962. The summed E-state index contributed by atoms with van der Waals surface area (Å²) in [5, 5.41) is 3.39. The van der Waals surface area contributed by atoms with Crippen LogP contribution in [-0.2, 0) is 0 Å². The third-order valence-electron chi connectivity index (χ3n) is 2.14. The molecule has 1 N–H and O–H groups in total. The van der Waals surface area contributed by atoms with Crippen molar-refractivity contribution in [3.8, 4) is 0 Å². The Hall–Kier alpha value is -0.570. The Morgan fingerprint density at radius 2 is 2.25 bits per heavy atom. The van der Waals surface area contributed by atoms with Crippen LogP contribution < -0.4 is 5.32 Å². The van der Waals surface area contributed by atoms with Crippen molar-refractivity contribution in [3.63, 3.8) is 0 Å². The summed E-state index contributed by atoms with van der Waals surface area (Å²) in [6.07, 6.45) is 2.50. The summed E-state index contributed by atoms with van der Waals surface area (Å²) in [4.78, 5) is 4.30. The first-order chi connectivity index (χ1) is 5.68. The van der Waals surface area contributed by atoms with Gasteiger partial charge in [0.25, 0.3) is 0 Å². The highest BCUT2D eigenvalue weighted by molar-refractivity contribution is 9.10. The van der Waals surface area contributed by atoms with Gasteiger partial charge in [-0.3, -0.25) is 0 Å². The molecular weight excluding hydrogens is 216 g/mol. The summed E-state index contributed by atoms with van der Waals surface area (Å²) in [5.41, 5.74) is 0.313. The van der Waals surface area contributed by atoms with Gasteiger partial charge in [-0.1, -0.05) is 6.07 Å². The van der Waals surface area contributed by atoms with Gasteiger partial charge in [-0.15, -0.1) is 0 Å². The van der Waals surface area contributed by atoms with Gasteiger partial charge in [0, 0.05) is 5.54 Å². The van der Waals surface area contributed by atoms with Gasteiger partial charge in [-0.2, -0.15) is 0 Å². The molecule has 0 atom stereocenters. The standard InChI is InChI=1S/C9H11BrN2/c1-9(5-6-9)12-8-4-2-3-7(10)11-8/h2-4H,5-6H2,1H3,(H,11,12). The van der Waals surface area contributed by atoms with Gasteiger partial charge < -0.3 is 5.32 Å². The van der Waals surface area contributed by atoms with Gasteiger partial charge in [0.05, 0.1) is 0 Å². The van der Waals surface area contributed by atoms with Crippen molar-refractivity contribution in [2.24, 2.45) is 0 Å². The van der Waals surface area contributed by atoms with Crippen molar-refractivity contribution in [2.75, 3.05) is 5.32 Å². The third-order valence-corrected chi connectivity index (χ3v) is 2.59. The molecule has 0 radical (unpaired) electrons. The fourth-order valence-electron chi connectivity index (χ4n) is 1.10. The summed E-state index contributed by atoms with van der Waals surface area (Å²) < 4.78 is 0.886. The number of nitrogens with one attached hydrogen (secondary N) is 1. The maximum Gasteiger partial charge on any atom is 0.127 e. The summed E-state index contributed by atoms with van der Waals surface area (Å²) in [6.45, 7) is 2.22. The molecular formula is C9H11BrN2. The summed E-state index contributed by atoms with van der Waals surface area (Å²) in [7, 11) is 0. The molecule has 1 aliphatic carbocycles. The average Bonchev–Trinajstić information content (AvgIpc) is 2.67. The first kappa shape index (κ1) is 8.05. The number of nitrogens with zero attached hydrogens (tertiary/aromatic N) is 1. The Bertz CT molecular complexity index is 294. The molecule has 0 spiro atoms. The Balaban J connectivity index is 2.12. The van der Waals surface area contributed by atoms with Crippen LogP contribution in [-0.4, -0.2) is 10.5 Å². The van der Waals surface area contributed by atoms with E-state index in [1.54, 1.807) is 0 Å². The zero-order valence-electron chi connectivity index (χ0n) is 6.97. The zero-order chi connectivity index (χ0) is 8.60. The van der Waals surface area contributed by atoms with Crippen LogP contribution in [0.2, 0.25) is 0 Å². The fourth-order valence-corrected chi connectivity index (χ4v) is 1.44. The molecule has 1 aromatic rings. The van der Waals surface area contributed by atoms with Crippen molar-refractivity contribution in [3.05, 3.63) is 22.8 Å². The van der Waals surface area contributed by atoms with E-state index in [9.17, 15) is 0 Å². The largest absolute Gasteiger partial charge is 0.365 e. The average molecular weight is 227 g/mol. The predicted molar refractivity (Wildman–Crippen MR) is 53.2 cm³/mol. The van der Waals surface area contributed by atoms with Gasteiger partial charge in [0.2, 0.25) is 0 Å². The Kier molecular flexibility index (Phi) is 1.83. The van der Waals surface area contributed by atoms with E-state index in [2.05, 4.69) is 33.2 Å². The number of rotatable bonds is 2. The normalized spacial score (nSPS) is 18.8. The van der Waals surface area contributed by atoms with Crippen LogP contribution in [0.4, 0.5) is 5.82 Å². The molecule has 0 aromatic carbocycles. The molecule has 0 unspecified atom stereocenters. The lowest BCUT2D eigenvalue weighted by Crippen LogP contribution is -2.16. The van der Waals surface area contributed by atoms with Gasteiger partial charge in [-0.25, -0.2) is 4.98 Å². The molecule has 64 valence electrons. The molecule has 1 aliphatic rings. The van der Waals surface area contributed by atoms with Crippen molar-refractivity contribution in [1.82, 2.24) is 4.98 Å². The van der Waals surface area contributed by atoms with Gasteiger partial charge in [0.15, 0.2) is 0 Å². The molecule has 1 saturated carbocycles. The monoisotopic (exact) mass is 226 g/mol.